The third-order valence-corrected chi connectivity index (χ3v) is 1.65. The second-order valence-corrected chi connectivity index (χ2v) is 2.92. The Labute approximate surface area is 50.0 Å². The molecule has 0 aromatic heterocycles. The summed E-state index contributed by atoms with van der Waals surface area (Å²) in [6.45, 7) is 5.66. The van der Waals surface area contributed by atoms with Gasteiger partial charge in [0.1, 0.15) is 0 Å². The first kappa shape index (κ1) is 5.83. The molecule has 0 aliphatic heterocycles. The Morgan fingerprint density at radius 3 is 2.50 bits per heavy atom. The van der Waals surface area contributed by atoms with Crippen LogP contribution in [0.3, 0.4) is 0 Å². The molecule has 0 bridgehead atoms. The maximum Gasteiger partial charge on any atom is 0.0659 e. The molecule has 1 fully saturated rings. The van der Waals surface area contributed by atoms with Crippen molar-refractivity contribution in [1.82, 2.24) is 0 Å². The van der Waals surface area contributed by atoms with Crippen LogP contribution < -0.4 is 0 Å². The highest BCUT2D eigenvalue weighted by molar-refractivity contribution is 5.07. The van der Waals surface area contributed by atoms with Crippen LogP contribution in [0.4, 0.5) is 0 Å². The lowest BCUT2D eigenvalue weighted by Gasteiger charge is -2.12. The van der Waals surface area contributed by atoms with Crippen molar-refractivity contribution in [3.8, 4) is 0 Å². The maximum atomic E-state index is 9.30. The Morgan fingerprint density at radius 1 is 1.75 bits per heavy atom. The summed E-state index contributed by atoms with van der Waals surface area (Å²) < 4.78 is 0. The van der Waals surface area contributed by atoms with E-state index in [1.807, 2.05) is 6.92 Å². The zero-order valence-electron chi connectivity index (χ0n) is 5.28. The third-order valence-electron chi connectivity index (χ3n) is 1.65. The van der Waals surface area contributed by atoms with Gasteiger partial charge in [-0.25, -0.2) is 0 Å². The molecule has 1 unspecified atom stereocenters. The lowest BCUT2D eigenvalue weighted by Crippen LogP contribution is -2.17. The maximum absolute atomic E-state index is 9.30. The summed E-state index contributed by atoms with van der Waals surface area (Å²) in [5, 5.41) is 9.30. The molecule has 0 spiro atoms. The standard InChI is InChI=1S/C7H12O/c1-6-3-4-7(2,8)5-6/h8H,1,3-5H2,2H3. The van der Waals surface area contributed by atoms with Crippen molar-refractivity contribution in [1.29, 1.82) is 0 Å². The second-order valence-electron chi connectivity index (χ2n) is 2.92. The van der Waals surface area contributed by atoms with E-state index in [2.05, 4.69) is 6.58 Å². The third kappa shape index (κ3) is 1.10. The minimum absolute atomic E-state index is 0.433. The lowest BCUT2D eigenvalue weighted by molar-refractivity contribution is 0.0712. The fourth-order valence-electron chi connectivity index (χ4n) is 1.16. The Kier molecular flexibility index (Phi) is 1.16. The molecule has 0 radical (unpaired) electrons. The van der Waals surface area contributed by atoms with E-state index >= 15 is 0 Å². The van der Waals surface area contributed by atoms with Crippen molar-refractivity contribution in [2.24, 2.45) is 0 Å². The normalized spacial score (nSPS) is 38.5. The van der Waals surface area contributed by atoms with Crippen LogP contribution in [-0.4, -0.2) is 10.7 Å². The summed E-state index contributed by atoms with van der Waals surface area (Å²) in [5.41, 5.74) is 0.756. The molecule has 46 valence electrons. The van der Waals surface area contributed by atoms with Crippen LogP contribution in [0.15, 0.2) is 12.2 Å². The zero-order chi connectivity index (χ0) is 6.20. The van der Waals surface area contributed by atoms with Crippen molar-refractivity contribution < 1.29 is 5.11 Å². The van der Waals surface area contributed by atoms with Gasteiger partial charge in [0, 0.05) is 0 Å². The summed E-state index contributed by atoms with van der Waals surface area (Å²) in [4.78, 5) is 0. The first-order chi connectivity index (χ1) is 3.60. The monoisotopic (exact) mass is 112 g/mol. The molecule has 1 N–H and O–H groups in total. The van der Waals surface area contributed by atoms with Crippen LogP contribution in [0.1, 0.15) is 26.2 Å². The Bertz CT molecular complexity index is 114. The molecule has 0 heterocycles. The molecule has 1 rings (SSSR count). The van der Waals surface area contributed by atoms with E-state index in [1.165, 1.54) is 5.57 Å². The highest BCUT2D eigenvalue weighted by atomic mass is 16.3. The Hall–Kier alpha value is -0.300. The summed E-state index contributed by atoms with van der Waals surface area (Å²) in [6, 6.07) is 0. The highest BCUT2D eigenvalue weighted by Crippen LogP contribution is 2.31. The average Bonchev–Trinajstić information content (AvgIpc) is 1.82. The molecule has 1 saturated carbocycles. The van der Waals surface area contributed by atoms with E-state index < -0.39 is 5.60 Å². The van der Waals surface area contributed by atoms with Crippen molar-refractivity contribution >= 4 is 0 Å². The van der Waals surface area contributed by atoms with Gasteiger partial charge in [-0.2, -0.15) is 0 Å². The van der Waals surface area contributed by atoms with E-state index in [-0.39, 0.29) is 0 Å². The van der Waals surface area contributed by atoms with E-state index in [4.69, 9.17) is 0 Å². The van der Waals surface area contributed by atoms with Crippen LogP contribution in [0.5, 0.6) is 0 Å². The SMILES string of the molecule is C=C1CCC(C)(O)C1. The van der Waals surface area contributed by atoms with Gasteiger partial charge in [-0.05, 0) is 26.2 Å². The van der Waals surface area contributed by atoms with Crippen LogP contribution in [-0.2, 0) is 0 Å². The van der Waals surface area contributed by atoms with Crippen molar-refractivity contribution in [3.63, 3.8) is 0 Å². The van der Waals surface area contributed by atoms with Gasteiger partial charge in [0.25, 0.3) is 0 Å². The molecule has 0 amide bonds. The van der Waals surface area contributed by atoms with Crippen LogP contribution >= 0.6 is 0 Å². The van der Waals surface area contributed by atoms with E-state index in [1.54, 1.807) is 0 Å². The van der Waals surface area contributed by atoms with E-state index in [9.17, 15) is 5.11 Å². The summed E-state index contributed by atoms with van der Waals surface area (Å²) >= 11 is 0. The number of hydrogen-bond donors (Lipinski definition) is 1. The molecule has 1 aliphatic rings. The topological polar surface area (TPSA) is 20.2 Å². The molecule has 1 atom stereocenters. The van der Waals surface area contributed by atoms with Gasteiger partial charge in [0.2, 0.25) is 0 Å². The van der Waals surface area contributed by atoms with Crippen LogP contribution in [0.25, 0.3) is 0 Å². The first-order valence-electron chi connectivity index (χ1n) is 2.99. The largest absolute Gasteiger partial charge is 0.390 e. The predicted molar refractivity (Wildman–Crippen MR) is 33.6 cm³/mol. The molecule has 8 heavy (non-hydrogen) atoms. The van der Waals surface area contributed by atoms with Gasteiger partial charge in [-0.15, -0.1) is 0 Å². The minimum Gasteiger partial charge on any atom is -0.390 e. The van der Waals surface area contributed by atoms with E-state index in [0.29, 0.717) is 0 Å². The number of rotatable bonds is 0. The summed E-state index contributed by atoms with van der Waals surface area (Å²) in [6.07, 6.45) is 2.70. The Balaban J connectivity index is 2.56. The molecule has 1 heteroatoms. The van der Waals surface area contributed by atoms with Gasteiger partial charge in [0.15, 0.2) is 0 Å². The van der Waals surface area contributed by atoms with Gasteiger partial charge in [-0.3, -0.25) is 0 Å². The van der Waals surface area contributed by atoms with Crippen molar-refractivity contribution in [2.75, 3.05) is 0 Å². The van der Waals surface area contributed by atoms with Crippen LogP contribution in [0, 0.1) is 0 Å². The van der Waals surface area contributed by atoms with E-state index in [0.717, 1.165) is 19.3 Å². The lowest BCUT2D eigenvalue weighted by atomic mass is 10.1. The molecular weight excluding hydrogens is 100 g/mol. The fourth-order valence-corrected chi connectivity index (χ4v) is 1.16. The molecule has 0 aromatic carbocycles. The minimum atomic E-state index is -0.433. The molecular formula is C7H12O. The van der Waals surface area contributed by atoms with Crippen molar-refractivity contribution in [2.45, 2.75) is 31.8 Å². The molecule has 1 nitrogen and oxygen atoms in total. The number of aliphatic hydroxyl groups is 1. The zero-order valence-corrected chi connectivity index (χ0v) is 5.28. The molecule has 0 saturated heterocycles. The van der Waals surface area contributed by atoms with Gasteiger partial charge in [0.05, 0.1) is 5.60 Å². The summed E-state index contributed by atoms with van der Waals surface area (Å²) in [5.74, 6) is 0. The second kappa shape index (κ2) is 1.59. The highest BCUT2D eigenvalue weighted by Gasteiger charge is 2.27. The smallest absolute Gasteiger partial charge is 0.0659 e. The average molecular weight is 112 g/mol. The van der Waals surface area contributed by atoms with Gasteiger partial charge in [-0.1, -0.05) is 12.2 Å². The van der Waals surface area contributed by atoms with Crippen molar-refractivity contribution in [3.05, 3.63) is 12.2 Å². The number of hydrogen-bond acceptors (Lipinski definition) is 1. The Morgan fingerprint density at radius 2 is 2.38 bits per heavy atom. The molecule has 1 aliphatic carbocycles. The fraction of sp³-hybridized carbons (Fsp3) is 0.714. The predicted octanol–water partition coefficient (Wildman–Crippen LogP) is 1.48. The quantitative estimate of drug-likeness (QED) is 0.470. The summed E-state index contributed by atoms with van der Waals surface area (Å²) in [7, 11) is 0. The van der Waals surface area contributed by atoms with Gasteiger partial charge < -0.3 is 5.11 Å². The van der Waals surface area contributed by atoms with Crippen LogP contribution in [0.2, 0.25) is 0 Å². The molecule has 0 aromatic rings. The first-order valence-corrected chi connectivity index (χ1v) is 2.99. The van der Waals surface area contributed by atoms with Gasteiger partial charge >= 0.3 is 0 Å².